The van der Waals surface area contributed by atoms with E-state index in [0.717, 1.165) is 17.1 Å². The third-order valence-corrected chi connectivity index (χ3v) is 2.56. The summed E-state index contributed by atoms with van der Waals surface area (Å²) >= 11 is 0. The Kier molecular flexibility index (Phi) is 2.94. The van der Waals surface area contributed by atoms with Crippen molar-refractivity contribution >= 4 is 5.82 Å². The van der Waals surface area contributed by atoms with Gasteiger partial charge in [-0.2, -0.15) is 4.89 Å². The van der Waals surface area contributed by atoms with Crippen LogP contribution in [-0.2, 0) is 9.78 Å². The summed E-state index contributed by atoms with van der Waals surface area (Å²) in [5, 5.41) is 3.05. The molecule has 1 aliphatic heterocycles. The maximum Gasteiger partial charge on any atom is 0.234 e. The molecule has 0 atom stereocenters. The van der Waals surface area contributed by atoms with Gasteiger partial charge in [-0.1, -0.05) is 36.4 Å². The van der Waals surface area contributed by atoms with Crippen LogP contribution < -0.4 is 5.32 Å². The average molecular weight is 240 g/mol. The Morgan fingerprint density at radius 3 is 2.67 bits per heavy atom. The number of hydrogen-bond acceptors (Lipinski definition) is 4. The van der Waals surface area contributed by atoms with Crippen LogP contribution >= 0.6 is 0 Å². The number of aromatic nitrogens is 1. The normalized spacial score (nSPS) is 13.9. The van der Waals surface area contributed by atoms with Crippen LogP contribution in [0.4, 0.5) is 5.82 Å². The highest BCUT2D eigenvalue weighted by Gasteiger charge is 2.08. The first-order valence-corrected chi connectivity index (χ1v) is 5.71. The minimum Gasteiger partial charge on any atom is -0.319 e. The molecule has 0 unspecified atom stereocenters. The Morgan fingerprint density at radius 2 is 1.89 bits per heavy atom. The molecule has 0 spiro atoms. The van der Waals surface area contributed by atoms with Crippen molar-refractivity contribution < 1.29 is 9.78 Å². The van der Waals surface area contributed by atoms with E-state index in [1.165, 1.54) is 0 Å². The summed E-state index contributed by atoms with van der Waals surface area (Å²) in [7, 11) is 0. The summed E-state index contributed by atoms with van der Waals surface area (Å²) in [6, 6.07) is 15.8. The number of nitrogens with one attached hydrogen (secondary N) is 1. The van der Waals surface area contributed by atoms with E-state index in [1.54, 1.807) is 0 Å². The van der Waals surface area contributed by atoms with Crippen LogP contribution in [0.1, 0.15) is 0 Å². The monoisotopic (exact) mass is 240 g/mol. The lowest BCUT2D eigenvalue weighted by atomic mass is 10.1. The highest BCUT2D eigenvalue weighted by atomic mass is 17.2. The number of anilines is 1. The molecule has 0 aliphatic carbocycles. The van der Waals surface area contributed by atoms with Crippen molar-refractivity contribution in [1.82, 2.24) is 4.98 Å². The molecule has 1 aromatic carbocycles. The summed E-state index contributed by atoms with van der Waals surface area (Å²) in [5.74, 6) is 1.31. The minimum atomic E-state index is 0.459. The lowest BCUT2D eigenvalue weighted by Crippen LogP contribution is -2.01. The largest absolute Gasteiger partial charge is 0.319 e. The fraction of sp³-hybridized carbons (Fsp3) is 0.0714. The molecule has 1 N–H and O–H groups in total. The zero-order valence-corrected chi connectivity index (χ0v) is 9.67. The van der Waals surface area contributed by atoms with Gasteiger partial charge in [0, 0.05) is 11.6 Å². The van der Waals surface area contributed by atoms with E-state index in [0.29, 0.717) is 12.5 Å². The number of rotatable bonds is 3. The topological polar surface area (TPSA) is 43.4 Å². The van der Waals surface area contributed by atoms with E-state index in [4.69, 9.17) is 9.78 Å². The van der Waals surface area contributed by atoms with Gasteiger partial charge in [-0.3, -0.25) is 0 Å². The predicted octanol–water partition coefficient (Wildman–Crippen LogP) is 2.96. The van der Waals surface area contributed by atoms with E-state index in [9.17, 15) is 0 Å². The lowest BCUT2D eigenvalue weighted by molar-refractivity contribution is -0.232. The molecule has 1 aromatic heterocycles. The average Bonchev–Trinajstić information content (AvgIpc) is 2.93. The van der Waals surface area contributed by atoms with Gasteiger partial charge in [-0.05, 0) is 12.1 Å². The molecular weight excluding hydrogens is 228 g/mol. The summed E-state index contributed by atoms with van der Waals surface area (Å²) in [6.45, 7) is 0.459. The summed E-state index contributed by atoms with van der Waals surface area (Å²) < 4.78 is 0. The molecule has 0 saturated carbocycles. The number of nitrogens with zero attached hydrogens (tertiary/aromatic N) is 1. The molecule has 4 heteroatoms. The fourth-order valence-corrected chi connectivity index (χ4v) is 1.71. The molecule has 90 valence electrons. The summed E-state index contributed by atoms with van der Waals surface area (Å²) in [6.07, 6.45) is 1.82. The molecule has 0 amide bonds. The van der Waals surface area contributed by atoms with Crippen LogP contribution in [0.25, 0.3) is 11.3 Å². The second-order valence-corrected chi connectivity index (χ2v) is 3.84. The maximum absolute atomic E-state index is 4.91. The third-order valence-electron chi connectivity index (χ3n) is 2.56. The molecule has 3 rings (SSSR count). The lowest BCUT2D eigenvalue weighted by Gasteiger charge is -2.06. The molecule has 0 radical (unpaired) electrons. The number of pyridine rings is 1. The molecule has 1 aliphatic rings. The van der Waals surface area contributed by atoms with E-state index in [-0.39, 0.29) is 0 Å². The smallest absolute Gasteiger partial charge is 0.234 e. The van der Waals surface area contributed by atoms with Crippen LogP contribution in [-0.4, -0.2) is 11.6 Å². The van der Waals surface area contributed by atoms with Crippen molar-refractivity contribution in [3.05, 3.63) is 60.5 Å². The summed E-state index contributed by atoms with van der Waals surface area (Å²) in [5.41, 5.74) is 2.00. The SMILES string of the molecule is C1=C(Nc2cccc(-c3ccccc3)n2)OOC1. The van der Waals surface area contributed by atoms with Gasteiger partial charge in [0.2, 0.25) is 5.88 Å². The molecule has 0 saturated heterocycles. The minimum absolute atomic E-state index is 0.459. The highest BCUT2D eigenvalue weighted by molar-refractivity contribution is 5.61. The van der Waals surface area contributed by atoms with Gasteiger partial charge in [0.25, 0.3) is 0 Å². The van der Waals surface area contributed by atoms with E-state index in [1.807, 2.05) is 54.6 Å². The van der Waals surface area contributed by atoms with E-state index >= 15 is 0 Å². The van der Waals surface area contributed by atoms with Crippen LogP contribution in [0, 0.1) is 0 Å². The van der Waals surface area contributed by atoms with Gasteiger partial charge in [-0.25, -0.2) is 4.98 Å². The van der Waals surface area contributed by atoms with Gasteiger partial charge < -0.3 is 10.2 Å². The summed E-state index contributed by atoms with van der Waals surface area (Å²) in [4.78, 5) is 14.2. The molecule has 2 heterocycles. The third kappa shape index (κ3) is 2.33. The van der Waals surface area contributed by atoms with Gasteiger partial charge in [0.15, 0.2) is 0 Å². The quantitative estimate of drug-likeness (QED) is 0.838. The zero-order valence-electron chi connectivity index (χ0n) is 9.67. The predicted molar refractivity (Wildman–Crippen MR) is 68.4 cm³/mol. The van der Waals surface area contributed by atoms with Crippen molar-refractivity contribution in [2.45, 2.75) is 0 Å². The van der Waals surface area contributed by atoms with Gasteiger partial charge in [0.1, 0.15) is 12.4 Å². The van der Waals surface area contributed by atoms with Crippen LogP contribution in [0.15, 0.2) is 60.5 Å². The zero-order chi connectivity index (χ0) is 12.2. The molecule has 0 bridgehead atoms. The van der Waals surface area contributed by atoms with Crippen LogP contribution in [0.3, 0.4) is 0 Å². The standard InChI is InChI=1S/C14H12N2O2/c1-2-5-11(6-3-1)12-7-4-8-13(15-12)16-14-9-10-17-18-14/h1-9H,10H2,(H,15,16). The van der Waals surface area contributed by atoms with Gasteiger partial charge in [0.05, 0.1) is 5.69 Å². The Morgan fingerprint density at radius 1 is 1.00 bits per heavy atom. The Bertz CT molecular complexity index is 567. The van der Waals surface area contributed by atoms with E-state index in [2.05, 4.69) is 10.3 Å². The highest BCUT2D eigenvalue weighted by Crippen LogP contribution is 2.19. The second-order valence-electron chi connectivity index (χ2n) is 3.84. The van der Waals surface area contributed by atoms with Crippen molar-refractivity contribution in [2.75, 3.05) is 11.9 Å². The molecule has 4 nitrogen and oxygen atoms in total. The van der Waals surface area contributed by atoms with Crippen molar-refractivity contribution in [2.24, 2.45) is 0 Å². The van der Waals surface area contributed by atoms with Crippen LogP contribution in [0.5, 0.6) is 0 Å². The Labute approximate surface area is 105 Å². The van der Waals surface area contributed by atoms with Crippen molar-refractivity contribution in [3.8, 4) is 11.3 Å². The first-order chi connectivity index (χ1) is 8.92. The Balaban J connectivity index is 1.85. The van der Waals surface area contributed by atoms with Crippen molar-refractivity contribution in [1.29, 1.82) is 0 Å². The first-order valence-electron chi connectivity index (χ1n) is 5.71. The first kappa shape index (κ1) is 10.8. The molecule has 0 fully saturated rings. The van der Waals surface area contributed by atoms with E-state index < -0.39 is 0 Å². The van der Waals surface area contributed by atoms with Gasteiger partial charge in [-0.15, -0.1) is 0 Å². The van der Waals surface area contributed by atoms with Crippen molar-refractivity contribution in [3.63, 3.8) is 0 Å². The Hall–Kier alpha value is -2.33. The maximum atomic E-state index is 4.91. The molecular formula is C14H12N2O2. The molecule has 18 heavy (non-hydrogen) atoms. The van der Waals surface area contributed by atoms with Gasteiger partial charge >= 0.3 is 0 Å². The van der Waals surface area contributed by atoms with Crippen LogP contribution in [0.2, 0.25) is 0 Å². The molecule has 2 aromatic rings. The fourth-order valence-electron chi connectivity index (χ4n) is 1.71. The second kappa shape index (κ2) is 4.89. The number of hydrogen-bond donors (Lipinski definition) is 1. The number of benzene rings is 1.